The van der Waals surface area contributed by atoms with Gasteiger partial charge in [-0.2, -0.15) is 0 Å². The number of carboxylic acid groups (broad SMARTS) is 1. The van der Waals surface area contributed by atoms with Crippen molar-refractivity contribution in [2.24, 2.45) is 0 Å². The fourth-order valence-electron chi connectivity index (χ4n) is 2.92. The molecule has 5 N–H and O–H groups in total. The SMILES string of the molecule is CCCCNC(=O)COCCOCCNC(=O)COCCOCCNC(=O)CC[C@H](NC(=O)CCC)C(=O)O. The average molecular weight is 563 g/mol. The van der Waals surface area contributed by atoms with Crippen molar-refractivity contribution in [3.05, 3.63) is 0 Å². The normalized spacial score (nSPS) is 11.4. The number of amides is 4. The van der Waals surface area contributed by atoms with Crippen LogP contribution in [0.3, 0.4) is 0 Å². The summed E-state index contributed by atoms with van der Waals surface area (Å²) in [5, 5.41) is 19.6. The van der Waals surface area contributed by atoms with Crippen LogP contribution in [-0.4, -0.2) is 113 Å². The number of carboxylic acids is 1. The summed E-state index contributed by atoms with van der Waals surface area (Å²) in [6.07, 6.45) is 2.74. The zero-order valence-corrected chi connectivity index (χ0v) is 23.2. The van der Waals surface area contributed by atoms with E-state index in [1.165, 1.54) is 0 Å². The lowest BCUT2D eigenvalue weighted by atomic mass is 10.1. The maximum absolute atomic E-state index is 11.9. The molecule has 0 aliphatic carbocycles. The molecule has 0 spiro atoms. The smallest absolute Gasteiger partial charge is 0.326 e. The molecule has 1 atom stereocenters. The van der Waals surface area contributed by atoms with Gasteiger partial charge in [0.2, 0.25) is 23.6 Å². The van der Waals surface area contributed by atoms with Gasteiger partial charge in [0.05, 0.1) is 39.6 Å². The third-order valence-corrected chi connectivity index (χ3v) is 4.97. The Bertz CT molecular complexity index is 708. The van der Waals surface area contributed by atoms with Crippen LogP contribution in [0.15, 0.2) is 0 Å². The van der Waals surface area contributed by atoms with Gasteiger partial charge in [0, 0.05) is 32.5 Å². The Kier molecular flexibility index (Phi) is 23.6. The maximum atomic E-state index is 11.9. The molecule has 0 aromatic carbocycles. The first-order valence-corrected chi connectivity index (χ1v) is 13.4. The van der Waals surface area contributed by atoms with Crippen molar-refractivity contribution in [3.63, 3.8) is 0 Å². The average Bonchev–Trinajstić information content (AvgIpc) is 2.89. The molecular formula is C25H46N4O10. The Labute approximate surface area is 230 Å². The number of carbonyl (C=O) groups excluding carboxylic acids is 4. The fourth-order valence-corrected chi connectivity index (χ4v) is 2.92. The van der Waals surface area contributed by atoms with Crippen molar-refractivity contribution in [3.8, 4) is 0 Å². The minimum atomic E-state index is -1.18. The van der Waals surface area contributed by atoms with Gasteiger partial charge in [-0.1, -0.05) is 20.3 Å². The highest BCUT2D eigenvalue weighted by Crippen LogP contribution is 2.00. The van der Waals surface area contributed by atoms with Gasteiger partial charge < -0.3 is 45.3 Å². The van der Waals surface area contributed by atoms with E-state index >= 15 is 0 Å². The van der Waals surface area contributed by atoms with Gasteiger partial charge in [-0.05, 0) is 19.3 Å². The Morgan fingerprint density at radius 1 is 0.615 bits per heavy atom. The lowest BCUT2D eigenvalue weighted by Crippen LogP contribution is -2.41. The van der Waals surface area contributed by atoms with E-state index in [0.29, 0.717) is 32.7 Å². The van der Waals surface area contributed by atoms with Crippen molar-refractivity contribution in [1.29, 1.82) is 0 Å². The van der Waals surface area contributed by atoms with E-state index < -0.39 is 12.0 Å². The molecule has 0 radical (unpaired) electrons. The van der Waals surface area contributed by atoms with Gasteiger partial charge in [0.15, 0.2) is 0 Å². The van der Waals surface area contributed by atoms with Gasteiger partial charge in [-0.15, -0.1) is 0 Å². The molecule has 0 saturated carbocycles. The third kappa shape index (κ3) is 24.0. The molecule has 0 bridgehead atoms. The minimum absolute atomic E-state index is 0.00426. The van der Waals surface area contributed by atoms with E-state index in [4.69, 9.17) is 24.1 Å². The molecule has 0 unspecified atom stereocenters. The number of nitrogens with one attached hydrogen (secondary N) is 4. The summed E-state index contributed by atoms with van der Waals surface area (Å²) in [6.45, 7) is 6.47. The first kappa shape index (κ1) is 36.2. The van der Waals surface area contributed by atoms with Crippen molar-refractivity contribution in [2.75, 3.05) is 72.5 Å². The second kappa shape index (κ2) is 25.5. The van der Waals surface area contributed by atoms with Crippen LogP contribution in [-0.2, 0) is 42.9 Å². The topological polar surface area (TPSA) is 191 Å². The van der Waals surface area contributed by atoms with Crippen LogP contribution in [0, 0.1) is 0 Å². The molecular weight excluding hydrogens is 516 g/mol. The Morgan fingerprint density at radius 3 is 1.64 bits per heavy atom. The zero-order chi connectivity index (χ0) is 29.1. The molecule has 0 heterocycles. The molecule has 39 heavy (non-hydrogen) atoms. The van der Waals surface area contributed by atoms with Crippen molar-refractivity contribution < 1.29 is 48.0 Å². The predicted octanol–water partition coefficient (Wildman–Crippen LogP) is -0.649. The summed E-state index contributed by atoms with van der Waals surface area (Å²) in [5.74, 6) is -2.33. The van der Waals surface area contributed by atoms with Crippen molar-refractivity contribution in [1.82, 2.24) is 21.3 Å². The number of carbonyl (C=O) groups is 5. The fraction of sp³-hybridized carbons (Fsp3) is 0.800. The summed E-state index contributed by atoms with van der Waals surface area (Å²) < 4.78 is 21.0. The summed E-state index contributed by atoms with van der Waals surface area (Å²) in [5.41, 5.74) is 0. The number of unbranched alkanes of at least 4 members (excludes halogenated alkanes) is 1. The van der Waals surface area contributed by atoms with Crippen LogP contribution in [0.5, 0.6) is 0 Å². The lowest BCUT2D eigenvalue weighted by molar-refractivity contribution is -0.142. The maximum Gasteiger partial charge on any atom is 0.326 e. The zero-order valence-electron chi connectivity index (χ0n) is 23.2. The molecule has 226 valence electrons. The monoisotopic (exact) mass is 562 g/mol. The molecule has 4 amide bonds. The van der Waals surface area contributed by atoms with Gasteiger partial charge >= 0.3 is 5.97 Å². The molecule has 0 aliphatic heterocycles. The molecule has 0 aliphatic rings. The van der Waals surface area contributed by atoms with Crippen LogP contribution >= 0.6 is 0 Å². The van der Waals surface area contributed by atoms with E-state index in [2.05, 4.69) is 21.3 Å². The van der Waals surface area contributed by atoms with Crippen LogP contribution in [0.25, 0.3) is 0 Å². The highest BCUT2D eigenvalue weighted by atomic mass is 16.5. The van der Waals surface area contributed by atoms with Gasteiger partial charge in [-0.3, -0.25) is 19.2 Å². The lowest BCUT2D eigenvalue weighted by Gasteiger charge is -2.14. The summed E-state index contributed by atoms with van der Waals surface area (Å²) in [7, 11) is 0. The summed E-state index contributed by atoms with van der Waals surface area (Å²) >= 11 is 0. The first-order valence-electron chi connectivity index (χ1n) is 13.4. The van der Waals surface area contributed by atoms with E-state index in [1.807, 2.05) is 13.8 Å². The second-order valence-electron chi connectivity index (χ2n) is 8.48. The van der Waals surface area contributed by atoms with Gasteiger partial charge in [0.25, 0.3) is 0 Å². The number of ether oxygens (including phenoxy) is 4. The number of aliphatic carboxylic acids is 1. The van der Waals surface area contributed by atoms with Crippen LogP contribution in [0.4, 0.5) is 0 Å². The number of hydrogen-bond acceptors (Lipinski definition) is 9. The summed E-state index contributed by atoms with van der Waals surface area (Å²) in [4.78, 5) is 57.8. The molecule has 14 heteroatoms. The van der Waals surface area contributed by atoms with Crippen molar-refractivity contribution in [2.45, 2.75) is 58.4 Å². The molecule has 0 saturated heterocycles. The molecule has 0 aromatic heterocycles. The Morgan fingerprint density at radius 2 is 1.13 bits per heavy atom. The molecule has 0 aromatic rings. The summed E-state index contributed by atoms with van der Waals surface area (Å²) in [6, 6.07) is -1.10. The number of hydrogen-bond donors (Lipinski definition) is 5. The number of rotatable bonds is 26. The predicted molar refractivity (Wildman–Crippen MR) is 141 cm³/mol. The van der Waals surface area contributed by atoms with E-state index in [1.54, 1.807) is 0 Å². The quantitative estimate of drug-likeness (QED) is 0.0847. The van der Waals surface area contributed by atoms with Crippen molar-refractivity contribution >= 4 is 29.6 Å². The third-order valence-electron chi connectivity index (χ3n) is 4.97. The highest BCUT2D eigenvalue weighted by molar-refractivity contribution is 5.84. The molecule has 14 nitrogen and oxygen atoms in total. The Balaban J connectivity index is 3.56. The molecule has 0 fully saturated rings. The largest absolute Gasteiger partial charge is 0.480 e. The highest BCUT2D eigenvalue weighted by Gasteiger charge is 2.20. The van der Waals surface area contributed by atoms with Crippen LogP contribution in [0.2, 0.25) is 0 Å². The van der Waals surface area contributed by atoms with Gasteiger partial charge in [-0.25, -0.2) is 4.79 Å². The minimum Gasteiger partial charge on any atom is -0.480 e. The van der Waals surface area contributed by atoms with Crippen LogP contribution in [0.1, 0.15) is 52.4 Å². The second-order valence-corrected chi connectivity index (χ2v) is 8.48. The first-order chi connectivity index (χ1) is 18.8. The van der Waals surface area contributed by atoms with Gasteiger partial charge in [0.1, 0.15) is 19.3 Å². The molecule has 0 rings (SSSR count). The van der Waals surface area contributed by atoms with E-state index in [0.717, 1.165) is 12.8 Å². The van der Waals surface area contributed by atoms with Crippen LogP contribution < -0.4 is 21.3 Å². The Hall–Kier alpha value is -2.81. The standard InChI is InChI=1S/C25H46N4O10/c1-3-5-9-26-23(32)18-38-16-15-37-13-11-28-24(33)19-39-17-14-36-12-10-27-21(30)8-7-20(25(34)35)29-22(31)6-4-2/h20H,3-19H2,1-2H3,(H,26,32)(H,27,30)(H,28,33)(H,29,31)(H,34,35)/t20-/m0/s1. The van der Waals surface area contributed by atoms with E-state index in [9.17, 15) is 24.0 Å². The van der Waals surface area contributed by atoms with E-state index in [-0.39, 0.29) is 89.1 Å².